The topological polar surface area (TPSA) is 208 Å². The number of esters is 2. The van der Waals surface area contributed by atoms with Gasteiger partial charge in [-0.25, -0.2) is 4.79 Å². The molecule has 6 aliphatic rings. The van der Waals surface area contributed by atoms with Gasteiger partial charge in [0.2, 0.25) is 0 Å². The summed E-state index contributed by atoms with van der Waals surface area (Å²) in [6, 6.07) is 42.1. The van der Waals surface area contributed by atoms with Crippen LogP contribution >= 0.6 is 0 Å². The van der Waals surface area contributed by atoms with Crippen LogP contribution < -0.4 is 50.9 Å². The summed E-state index contributed by atoms with van der Waals surface area (Å²) in [6.45, 7) is 16.5. The molecule has 6 fully saturated rings. The third kappa shape index (κ3) is 18.7. The second-order valence-electron chi connectivity index (χ2n) is 25.7. The molecular formula is C69H100Br3N3O12. The molecule has 6 aliphatic heterocycles. The molecule has 0 amide bonds. The first kappa shape index (κ1) is 76.9. The van der Waals surface area contributed by atoms with Crippen molar-refractivity contribution in [2.75, 3.05) is 41.0 Å². The maximum absolute atomic E-state index is 12.6. The van der Waals surface area contributed by atoms with Gasteiger partial charge >= 0.3 is 23.9 Å². The van der Waals surface area contributed by atoms with Crippen LogP contribution in [0.2, 0.25) is 0 Å². The standard InChI is InChI=1S/2C20H30NO3.C11H22NO.C9H10O3.C9H8O2.3BrH/c2*1-14(2)21(3)16-9-10-17(21)12-18(11-16)24-20(23)19(13-22)15-7-5-4-6-8-15;1-8(2)12(3)9-4-5-10(12)7-11(13)6-9;10-6-8(9(11)12)7-4-2-1-3-5-7;1-7(9(10)11)8-5-3-2-4-6-8;;;/h2*4-8,14,16-19,22H,9-13H2,1-3H3;8-11,13H,4-7H2,1-3H3;1-5,8,10H,6H2,(H,11,12);2-6H,1H2,(H,10,11);3*1H/q3*+1;;;;;/p-3/t2*16-,17-,18?,19+,21?;9-,10-,11?,12?;;;;;/m111...../s1. The largest absolute Gasteiger partial charge is 1.00 e. The van der Waals surface area contributed by atoms with Crippen LogP contribution in [0.5, 0.6) is 0 Å². The molecule has 0 radical (unpaired) electrons. The van der Waals surface area contributed by atoms with Crippen molar-refractivity contribution in [3.63, 3.8) is 0 Å². The molecule has 9 atom stereocenters. The summed E-state index contributed by atoms with van der Waals surface area (Å²) in [5.41, 5.74) is 3.07. The second kappa shape index (κ2) is 35.3. The molecule has 0 saturated carbocycles. The van der Waals surface area contributed by atoms with Crippen molar-refractivity contribution in [1.82, 2.24) is 0 Å². The number of nitrogens with zero attached hydrogens (tertiary/aromatic N) is 3. The van der Waals surface area contributed by atoms with Gasteiger partial charge < -0.3 is 105 Å². The van der Waals surface area contributed by atoms with E-state index in [1.165, 1.54) is 43.0 Å². The van der Waals surface area contributed by atoms with E-state index in [4.69, 9.17) is 24.8 Å². The van der Waals surface area contributed by atoms with Gasteiger partial charge in [0.25, 0.3) is 0 Å². The molecule has 1 unspecified atom stereocenters. The molecule has 10 rings (SSSR count). The predicted molar refractivity (Wildman–Crippen MR) is 327 cm³/mol. The molecule has 15 nitrogen and oxygen atoms in total. The number of halogens is 3. The zero-order valence-corrected chi connectivity index (χ0v) is 57.4. The smallest absolute Gasteiger partial charge is 0.335 e. The van der Waals surface area contributed by atoms with Crippen molar-refractivity contribution >= 4 is 29.5 Å². The number of aliphatic hydroxyl groups excluding tert-OH is 4. The Kier molecular flexibility index (Phi) is 31.2. The van der Waals surface area contributed by atoms with Crippen LogP contribution in [0.25, 0.3) is 5.57 Å². The highest BCUT2D eigenvalue weighted by Crippen LogP contribution is 2.46. The molecule has 6 N–H and O–H groups in total. The van der Waals surface area contributed by atoms with Gasteiger partial charge in [0.05, 0.1) is 107 Å². The lowest BCUT2D eigenvalue weighted by Crippen LogP contribution is -3.00. The second-order valence-corrected chi connectivity index (χ2v) is 25.7. The number of ether oxygens (including phenoxy) is 2. The Balaban J connectivity index is 0.000000294. The van der Waals surface area contributed by atoms with Gasteiger partial charge in [-0.05, 0) is 63.8 Å². The Morgan fingerprint density at radius 3 is 0.943 bits per heavy atom. The number of carboxylic acids is 2. The first-order chi connectivity index (χ1) is 39.9. The molecule has 6 saturated heterocycles. The minimum atomic E-state index is -0.997. The van der Waals surface area contributed by atoms with Crippen molar-refractivity contribution in [2.24, 2.45) is 0 Å². The molecule has 87 heavy (non-hydrogen) atoms. The molecule has 484 valence electrons. The van der Waals surface area contributed by atoms with Crippen molar-refractivity contribution in [3.8, 4) is 0 Å². The van der Waals surface area contributed by atoms with Gasteiger partial charge in [-0.15, -0.1) is 0 Å². The zero-order chi connectivity index (χ0) is 61.5. The fraction of sp³-hybridized carbons (Fsp3) is 0.565. The number of hydrogen-bond donors (Lipinski definition) is 6. The third-order valence-electron chi connectivity index (χ3n) is 20.8. The van der Waals surface area contributed by atoms with E-state index < -0.39 is 29.7 Å². The number of carbonyl (C=O) groups is 4. The molecule has 4 aromatic carbocycles. The van der Waals surface area contributed by atoms with E-state index >= 15 is 0 Å². The van der Waals surface area contributed by atoms with Gasteiger partial charge in [0.15, 0.2) is 0 Å². The van der Waals surface area contributed by atoms with E-state index in [0.717, 1.165) is 70.7 Å². The summed E-state index contributed by atoms with van der Waals surface area (Å²) in [6.07, 6.45) is 13.4. The number of carboxylic acid groups (broad SMARTS) is 2. The molecule has 4 aromatic rings. The van der Waals surface area contributed by atoms with Crippen LogP contribution in [-0.4, -0.2) is 182 Å². The summed E-state index contributed by atoms with van der Waals surface area (Å²) in [5, 5.41) is 55.0. The van der Waals surface area contributed by atoms with Crippen LogP contribution in [0.15, 0.2) is 128 Å². The van der Waals surface area contributed by atoms with Crippen LogP contribution in [0.3, 0.4) is 0 Å². The van der Waals surface area contributed by atoms with E-state index in [1.54, 1.807) is 54.6 Å². The predicted octanol–water partition coefficient (Wildman–Crippen LogP) is 0.879. The van der Waals surface area contributed by atoms with E-state index in [-0.39, 0.29) is 107 Å². The van der Waals surface area contributed by atoms with Gasteiger partial charge in [0.1, 0.15) is 30.0 Å². The summed E-state index contributed by atoms with van der Waals surface area (Å²) in [4.78, 5) is 46.1. The number of aliphatic hydroxyl groups is 4. The highest BCUT2D eigenvalue weighted by atomic mass is 79.9. The Hall–Kier alpha value is -4.34. The maximum Gasteiger partial charge on any atom is 0.335 e. The van der Waals surface area contributed by atoms with E-state index in [2.05, 4.69) is 69.3 Å². The molecule has 0 aromatic heterocycles. The van der Waals surface area contributed by atoms with E-state index in [9.17, 15) is 34.5 Å². The van der Waals surface area contributed by atoms with Crippen molar-refractivity contribution < 1.29 is 124 Å². The Bertz CT molecular complexity index is 2580. The summed E-state index contributed by atoms with van der Waals surface area (Å²) in [5.74, 6) is -4.48. The molecule has 0 aliphatic carbocycles. The Morgan fingerprint density at radius 1 is 0.448 bits per heavy atom. The van der Waals surface area contributed by atoms with Crippen LogP contribution in [0, 0.1) is 0 Å². The van der Waals surface area contributed by atoms with Crippen molar-refractivity contribution in [3.05, 3.63) is 150 Å². The summed E-state index contributed by atoms with van der Waals surface area (Å²) >= 11 is 0. The van der Waals surface area contributed by atoms with Crippen molar-refractivity contribution in [2.45, 2.75) is 209 Å². The van der Waals surface area contributed by atoms with Crippen LogP contribution in [0.4, 0.5) is 0 Å². The molecule has 18 heteroatoms. The normalized spacial score (nSPS) is 28.8. The SMILES string of the molecule is C=C(C(=O)O)c1ccccc1.CC(C)[N+]1(C)[C@@H]2CC[C@@H]1CC(O)C2.CC(C)[N+]1(C)[C@@H]2CC[C@@H]1CC(OC(=O)[C@@H](CO)c1ccccc1)C2.CC(C)[N+]1(C)[C@@H]2CC[C@@H]1CC(OC(=O)[C@@H](CO)c1ccccc1)C2.O=C(O)C(CO)c1ccccc1.[Br-].[Br-].[Br-]. The first-order valence-corrected chi connectivity index (χ1v) is 30.8. The number of fused-ring (bicyclic) bond motifs is 6. The number of benzene rings is 4. The maximum atomic E-state index is 12.6. The third-order valence-corrected chi connectivity index (χ3v) is 20.8. The molecular weight excluding hydrogens is 1300 g/mol. The van der Waals surface area contributed by atoms with Gasteiger partial charge in [0, 0.05) is 77.0 Å². The highest BCUT2D eigenvalue weighted by molar-refractivity contribution is 6.14. The van der Waals surface area contributed by atoms with Crippen molar-refractivity contribution in [1.29, 1.82) is 0 Å². The fourth-order valence-corrected chi connectivity index (χ4v) is 14.9. The average Bonchev–Trinajstić information content (AvgIpc) is 1.83. The lowest BCUT2D eigenvalue weighted by atomic mass is 9.94. The Labute approximate surface area is 549 Å². The molecule has 0 spiro atoms. The van der Waals surface area contributed by atoms with Crippen LogP contribution in [0.1, 0.15) is 159 Å². The van der Waals surface area contributed by atoms with Crippen LogP contribution in [-0.2, 0) is 28.7 Å². The average molecular weight is 1400 g/mol. The summed E-state index contributed by atoms with van der Waals surface area (Å²) < 4.78 is 15.1. The highest BCUT2D eigenvalue weighted by Gasteiger charge is 2.56. The van der Waals surface area contributed by atoms with Gasteiger partial charge in [-0.2, -0.15) is 0 Å². The minimum Gasteiger partial charge on any atom is -1.00 e. The zero-order valence-electron chi connectivity index (χ0n) is 52.6. The number of rotatable bonds is 16. The fourth-order valence-electron chi connectivity index (χ4n) is 14.9. The van der Waals surface area contributed by atoms with E-state index in [1.807, 2.05) is 66.7 Å². The number of hydrogen-bond acceptors (Lipinski definition) is 10. The Morgan fingerprint density at radius 2 is 0.701 bits per heavy atom. The first-order valence-electron chi connectivity index (χ1n) is 30.8. The number of piperidine rings is 3. The lowest BCUT2D eigenvalue weighted by molar-refractivity contribution is -0.968. The van der Waals surface area contributed by atoms with Gasteiger partial charge in [-0.3, -0.25) is 14.4 Å². The number of carbonyl (C=O) groups excluding carboxylic acids is 2. The molecule has 6 bridgehead atoms. The lowest BCUT2D eigenvalue weighted by Gasteiger charge is -2.49. The minimum absolute atomic E-state index is 0. The van der Waals surface area contributed by atoms with E-state index in [0.29, 0.717) is 53.4 Å². The monoisotopic (exact) mass is 1400 g/mol. The molecule has 6 heterocycles. The number of quaternary nitrogens is 3. The van der Waals surface area contributed by atoms with Gasteiger partial charge in [-0.1, -0.05) is 128 Å². The quantitative estimate of drug-likeness (QED) is 0.0526. The summed E-state index contributed by atoms with van der Waals surface area (Å²) in [7, 11) is 7.12. The number of aliphatic carboxylic acids is 2.